The molecule has 2 heterocycles. The molecule has 2 aliphatic rings. The molecule has 0 unspecified atom stereocenters. The van der Waals surface area contributed by atoms with Crippen molar-refractivity contribution in [1.82, 2.24) is 14.9 Å². The van der Waals surface area contributed by atoms with Crippen molar-refractivity contribution in [3.05, 3.63) is 12.0 Å². The zero-order chi connectivity index (χ0) is 25.6. The first kappa shape index (κ1) is 27.4. The molecule has 1 aliphatic carbocycles. The number of rotatable bonds is 9. The van der Waals surface area contributed by atoms with Gasteiger partial charge < -0.3 is 33.0 Å². The van der Waals surface area contributed by atoms with Gasteiger partial charge in [0.1, 0.15) is 12.9 Å². The summed E-state index contributed by atoms with van der Waals surface area (Å²) in [4.78, 5) is 33.6. The van der Waals surface area contributed by atoms with Gasteiger partial charge in [-0.2, -0.15) is 0 Å². The molecule has 1 saturated heterocycles. The van der Waals surface area contributed by atoms with Gasteiger partial charge in [0.15, 0.2) is 22.5 Å². The Morgan fingerprint density at radius 2 is 1.97 bits per heavy atom. The third kappa shape index (κ3) is 6.53. The molecule has 1 N–H and O–H groups in total. The van der Waals surface area contributed by atoms with Crippen LogP contribution in [-0.4, -0.2) is 84.8 Å². The van der Waals surface area contributed by atoms with E-state index in [0.29, 0.717) is 13.0 Å². The van der Waals surface area contributed by atoms with Crippen molar-refractivity contribution in [2.75, 3.05) is 40.0 Å². The van der Waals surface area contributed by atoms with E-state index in [0.717, 1.165) is 0 Å². The van der Waals surface area contributed by atoms with Gasteiger partial charge >= 0.3 is 12.1 Å². The summed E-state index contributed by atoms with van der Waals surface area (Å²) in [7, 11) is 1.57. The van der Waals surface area contributed by atoms with E-state index in [4.69, 9.17) is 28.4 Å². The highest BCUT2D eigenvalue weighted by atomic mass is 32.2. The molecule has 1 aromatic heterocycles. The van der Waals surface area contributed by atoms with Crippen LogP contribution < -0.4 is 5.32 Å². The molecule has 13 heteroatoms. The van der Waals surface area contributed by atoms with E-state index in [-0.39, 0.29) is 60.9 Å². The third-order valence-corrected chi connectivity index (χ3v) is 6.14. The first-order valence-corrected chi connectivity index (χ1v) is 12.7. The fraction of sp³-hybridized carbons (Fsp3) is 0.727. The minimum atomic E-state index is -0.780. The molecule has 196 valence electrons. The molecule has 1 aromatic rings. The van der Waals surface area contributed by atoms with Crippen molar-refractivity contribution >= 4 is 34.8 Å². The number of nitrogens with zero attached hydrogens (tertiary/aromatic N) is 3. The lowest BCUT2D eigenvalue weighted by atomic mass is 10.1. The van der Waals surface area contributed by atoms with Crippen molar-refractivity contribution in [1.29, 1.82) is 0 Å². The van der Waals surface area contributed by atoms with Crippen molar-refractivity contribution in [3.8, 4) is 0 Å². The summed E-state index contributed by atoms with van der Waals surface area (Å²) in [5.74, 6) is -1.12. The second-order valence-corrected chi connectivity index (χ2v) is 9.21. The van der Waals surface area contributed by atoms with Gasteiger partial charge in [-0.25, -0.2) is 19.6 Å². The number of hydrogen-bond acceptors (Lipinski definition) is 11. The van der Waals surface area contributed by atoms with Crippen LogP contribution in [0.15, 0.2) is 11.3 Å². The van der Waals surface area contributed by atoms with E-state index in [1.807, 2.05) is 13.8 Å². The highest BCUT2D eigenvalue weighted by Gasteiger charge is 2.55. The Kier molecular flexibility index (Phi) is 9.53. The molecule has 2 fully saturated rings. The number of amidine groups is 1. The molecule has 0 spiro atoms. The van der Waals surface area contributed by atoms with Crippen LogP contribution in [0.3, 0.4) is 0 Å². The maximum absolute atomic E-state index is 12.7. The van der Waals surface area contributed by atoms with Gasteiger partial charge in [0.05, 0.1) is 38.3 Å². The largest absolute Gasteiger partial charge is 0.461 e. The van der Waals surface area contributed by atoms with Crippen LogP contribution in [0.4, 0.5) is 10.6 Å². The van der Waals surface area contributed by atoms with Gasteiger partial charge in [-0.3, -0.25) is 5.32 Å². The number of alkyl carbamates (subject to hydrolysis) is 1. The average molecular weight is 515 g/mol. The van der Waals surface area contributed by atoms with Gasteiger partial charge in [0.2, 0.25) is 0 Å². The molecule has 3 rings (SSSR count). The zero-order valence-electron chi connectivity index (χ0n) is 20.9. The van der Waals surface area contributed by atoms with Crippen LogP contribution in [0.5, 0.6) is 0 Å². The number of aliphatic imine (C=N–C) groups is 1. The number of esters is 1. The molecule has 4 atom stereocenters. The van der Waals surface area contributed by atoms with Gasteiger partial charge in [0, 0.05) is 13.0 Å². The number of hydrogen-bond donors (Lipinski definition) is 1. The average Bonchev–Trinajstić information content (AvgIpc) is 3.45. The second-order valence-electron chi connectivity index (χ2n) is 8.42. The minimum Gasteiger partial charge on any atom is -0.461 e. The summed E-state index contributed by atoms with van der Waals surface area (Å²) in [6, 6.07) is -0.252. The number of thioether (sulfide) groups is 1. The number of methoxy groups -OCH3 is 1. The Morgan fingerprint density at radius 1 is 1.26 bits per heavy atom. The maximum atomic E-state index is 12.7. The summed E-state index contributed by atoms with van der Waals surface area (Å²) in [5, 5.41) is 2.84. The Hall–Kier alpha value is -2.19. The van der Waals surface area contributed by atoms with Crippen molar-refractivity contribution in [3.63, 3.8) is 0 Å². The van der Waals surface area contributed by atoms with Gasteiger partial charge in [-0.05, 0) is 40.4 Å². The van der Waals surface area contributed by atoms with Crippen LogP contribution in [0.1, 0.15) is 50.6 Å². The van der Waals surface area contributed by atoms with E-state index in [1.54, 1.807) is 38.1 Å². The summed E-state index contributed by atoms with van der Waals surface area (Å²) in [5.41, 5.74) is 0.0397. The standard InChI is InChI=1S/C22H34N4O8S/c1-7-31-19(27)15-18(24-20(35-6)25-21(28)32-8-2)26(11-23-15)14-9-13(10-30-12-29-5)16-17(14)34-22(3,4)33-16/h11,13-14,16-17H,7-10,12H2,1-6H3,(H,24,25,28)/t13-,14-,16-,17+/m1/s1. The molecule has 1 saturated carbocycles. The predicted molar refractivity (Wildman–Crippen MR) is 128 cm³/mol. The molecule has 1 amide bonds. The smallest absolute Gasteiger partial charge is 0.413 e. The van der Waals surface area contributed by atoms with E-state index >= 15 is 0 Å². The topological polar surface area (TPSA) is 132 Å². The quantitative estimate of drug-likeness (QED) is 0.172. The van der Waals surface area contributed by atoms with Crippen LogP contribution >= 0.6 is 11.8 Å². The summed E-state index contributed by atoms with van der Waals surface area (Å²) in [6.07, 6.45) is 2.74. The number of imidazole rings is 1. The normalized spacial score (nSPS) is 25.4. The molecular weight excluding hydrogens is 480 g/mol. The predicted octanol–water partition coefficient (Wildman–Crippen LogP) is 2.86. The lowest BCUT2D eigenvalue weighted by Crippen LogP contribution is -2.29. The summed E-state index contributed by atoms with van der Waals surface area (Å²) < 4.78 is 35.0. The zero-order valence-corrected chi connectivity index (χ0v) is 21.8. The molecule has 12 nitrogen and oxygen atoms in total. The van der Waals surface area contributed by atoms with E-state index in [1.165, 1.54) is 11.8 Å². The SMILES string of the molecule is CCOC(=O)N/C(=N/c1c(C(=O)OCC)ncn1[C@@H]1C[C@H](COCOC)[C@H]2OC(C)(C)O[C@H]21)SC. The van der Waals surface area contributed by atoms with Crippen LogP contribution in [0, 0.1) is 5.92 Å². The molecule has 1 aliphatic heterocycles. The maximum Gasteiger partial charge on any atom is 0.413 e. The van der Waals surface area contributed by atoms with Crippen molar-refractivity contribution in [2.45, 2.75) is 58.2 Å². The number of ether oxygens (including phenoxy) is 6. The molecule has 0 radical (unpaired) electrons. The summed E-state index contributed by atoms with van der Waals surface area (Å²) >= 11 is 1.20. The summed E-state index contributed by atoms with van der Waals surface area (Å²) in [6.45, 7) is 8.14. The van der Waals surface area contributed by atoms with Crippen molar-refractivity contribution < 1.29 is 38.0 Å². The van der Waals surface area contributed by atoms with Crippen LogP contribution in [0.2, 0.25) is 0 Å². The number of nitrogens with one attached hydrogen (secondary N) is 1. The van der Waals surface area contributed by atoms with Gasteiger partial charge in [-0.15, -0.1) is 0 Å². The van der Waals surface area contributed by atoms with Crippen molar-refractivity contribution in [2.24, 2.45) is 10.9 Å². The van der Waals surface area contributed by atoms with E-state index in [9.17, 15) is 9.59 Å². The lowest BCUT2D eigenvalue weighted by Gasteiger charge is -2.24. The molecule has 0 bridgehead atoms. The molecule has 0 aromatic carbocycles. The fourth-order valence-electron chi connectivity index (χ4n) is 4.30. The van der Waals surface area contributed by atoms with Gasteiger partial charge in [0.25, 0.3) is 0 Å². The van der Waals surface area contributed by atoms with E-state index < -0.39 is 17.8 Å². The number of aromatic nitrogens is 2. The number of carbonyl (C=O) groups excluding carboxylic acids is 2. The monoisotopic (exact) mass is 514 g/mol. The fourth-order valence-corrected chi connectivity index (χ4v) is 4.67. The highest BCUT2D eigenvalue weighted by molar-refractivity contribution is 8.13. The van der Waals surface area contributed by atoms with Gasteiger partial charge in [-0.1, -0.05) is 11.8 Å². The lowest BCUT2D eigenvalue weighted by molar-refractivity contribution is -0.164. The first-order chi connectivity index (χ1) is 16.7. The third-order valence-electron chi connectivity index (χ3n) is 5.56. The second kappa shape index (κ2) is 12.2. The molecular formula is C22H34N4O8S. The Bertz CT molecular complexity index is 921. The van der Waals surface area contributed by atoms with Crippen LogP contribution in [0.25, 0.3) is 0 Å². The Morgan fingerprint density at radius 3 is 2.63 bits per heavy atom. The minimum absolute atomic E-state index is 0.0184. The number of carbonyl (C=O) groups is 2. The number of fused-ring (bicyclic) bond motifs is 1. The highest BCUT2D eigenvalue weighted by Crippen LogP contribution is 2.48. The molecule has 35 heavy (non-hydrogen) atoms. The number of amides is 1. The van der Waals surface area contributed by atoms with E-state index in [2.05, 4.69) is 15.3 Å². The van der Waals surface area contributed by atoms with Crippen LogP contribution in [-0.2, 0) is 28.4 Å². The Balaban J connectivity index is 1.99. The first-order valence-electron chi connectivity index (χ1n) is 11.5. The Labute approximate surface area is 209 Å².